The average molecular weight is 412 g/mol. The van der Waals surface area contributed by atoms with Crippen molar-refractivity contribution >= 4 is 11.8 Å². The van der Waals surface area contributed by atoms with Crippen LogP contribution in [0.5, 0.6) is 17.2 Å². The van der Waals surface area contributed by atoms with Crippen LogP contribution in [0.3, 0.4) is 0 Å². The maximum atomic E-state index is 12.8. The third-order valence-corrected chi connectivity index (χ3v) is 5.33. The fourth-order valence-electron chi connectivity index (χ4n) is 3.60. The van der Waals surface area contributed by atoms with Gasteiger partial charge in [-0.05, 0) is 36.2 Å². The van der Waals surface area contributed by atoms with E-state index in [1.165, 1.54) is 0 Å². The molecule has 2 amide bonds. The van der Waals surface area contributed by atoms with Crippen LogP contribution in [0.2, 0.25) is 0 Å². The molecule has 1 aliphatic rings. The molecule has 2 aromatic rings. The Morgan fingerprint density at radius 3 is 2.10 bits per heavy atom. The van der Waals surface area contributed by atoms with Gasteiger partial charge in [-0.15, -0.1) is 0 Å². The van der Waals surface area contributed by atoms with E-state index < -0.39 is 0 Å². The van der Waals surface area contributed by atoms with Crippen LogP contribution in [0, 0.1) is 0 Å². The van der Waals surface area contributed by atoms with Gasteiger partial charge in [-0.25, -0.2) is 0 Å². The predicted molar refractivity (Wildman–Crippen MR) is 113 cm³/mol. The topological polar surface area (TPSA) is 68.3 Å². The molecule has 0 spiro atoms. The van der Waals surface area contributed by atoms with Crippen LogP contribution in [0.25, 0.3) is 0 Å². The second-order valence-electron chi connectivity index (χ2n) is 7.06. The van der Waals surface area contributed by atoms with E-state index in [0.29, 0.717) is 61.8 Å². The fraction of sp³-hybridized carbons (Fsp3) is 0.391. The molecule has 0 unspecified atom stereocenters. The summed E-state index contributed by atoms with van der Waals surface area (Å²) < 4.78 is 15.9. The molecule has 1 aliphatic heterocycles. The van der Waals surface area contributed by atoms with Crippen LogP contribution in [0.4, 0.5) is 0 Å². The number of hydrogen-bond donors (Lipinski definition) is 0. The lowest BCUT2D eigenvalue weighted by molar-refractivity contribution is -0.132. The number of hydrogen-bond acceptors (Lipinski definition) is 5. The van der Waals surface area contributed by atoms with Gasteiger partial charge in [0, 0.05) is 32.6 Å². The smallest absolute Gasteiger partial charge is 0.257 e. The van der Waals surface area contributed by atoms with Crippen LogP contribution >= 0.6 is 0 Å². The van der Waals surface area contributed by atoms with E-state index >= 15 is 0 Å². The Kier molecular flexibility index (Phi) is 7.17. The van der Waals surface area contributed by atoms with Gasteiger partial charge in [0.2, 0.25) is 5.91 Å². The molecule has 0 bridgehead atoms. The Morgan fingerprint density at radius 2 is 1.43 bits per heavy atom. The lowest BCUT2D eigenvalue weighted by Crippen LogP contribution is -2.50. The molecular weight excluding hydrogens is 384 g/mol. The number of ether oxygens (including phenoxy) is 3. The molecule has 1 fully saturated rings. The van der Waals surface area contributed by atoms with Crippen molar-refractivity contribution < 1.29 is 23.8 Å². The van der Waals surface area contributed by atoms with Gasteiger partial charge >= 0.3 is 0 Å². The lowest BCUT2D eigenvalue weighted by atomic mass is 10.1. The molecule has 0 saturated carbocycles. The Bertz CT molecular complexity index is 891. The van der Waals surface area contributed by atoms with Crippen LogP contribution in [-0.4, -0.2) is 69.1 Å². The molecule has 2 aromatic carbocycles. The lowest BCUT2D eigenvalue weighted by Gasteiger charge is -2.35. The Morgan fingerprint density at radius 1 is 0.800 bits per heavy atom. The third kappa shape index (κ3) is 4.84. The van der Waals surface area contributed by atoms with Crippen molar-refractivity contribution in [3.05, 3.63) is 53.6 Å². The van der Waals surface area contributed by atoms with Crippen LogP contribution in [0.15, 0.2) is 42.5 Å². The highest BCUT2D eigenvalue weighted by molar-refractivity contribution is 5.97. The molecule has 1 heterocycles. The summed E-state index contributed by atoms with van der Waals surface area (Å²) >= 11 is 0. The van der Waals surface area contributed by atoms with Gasteiger partial charge in [-0.3, -0.25) is 9.59 Å². The second kappa shape index (κ2) is 10.0. The minimum Gasteiger partial charge on any atom is -0.496 e. The van der Waals surface area contributed by atoms with Gasteiger partial charge in [-0.1, -0.05) is 18.2 Å². The van der Waals surface area contributed by atoms with Gasteiger partial charge in [0.15, 0.2) is 11.5 Å². The highest BCUT2D eigenvalue weighted by Crippen LogP contribution is 2.28. The standard InChI is InChI=1S/C23H28N2O5/c1-28-19-7-5-4-6-18(19)23(27)25-14-12-24(13-15-25)22(26)11-9-17-8-10-20(29-2)21(16-17)30-3/h4-8,10,16H,9,11-15H2,1-3H3. The number of amides is 2. The summed E-state index contributed by atoms with van der Waals surface area (Å²) in [5.74, 6) is 1.92. The molecule has 0 atom stereocenters. The van der Waals surface area contributed by atoms with Crippen molar-refractivity contribution in [2.24, 2.45) is 0 Å². The zero-order valence-electron chi connectivity index (χ0n) is 17.7. The molecule has 7 nitrogen and oxygen atoms in total. The number of benzene rings is 2. The predicted octanol–water partition coefficient (Wildman–Crippen LogP) is 2.63. The quantitative estimate of drug-likeness (QED) is 0.699. The van der Waals surface area contributed by atoms with E-state index in [9.17, 15) is 9.59 Å². The molecule has 1 saturated heterocycles. The maximum absolute atomic E-state index is 12.8. The van der Waals surface area contributed by atoms with Crippen molar-refractivity contribution in [1.29, 1.82) is 0 Å². The van der Waals surface area contributed by atoms with E-state index in [4.69, 9.17) is 14.2 Å². The van der Waals surface area contributed by atoms with Gasteiger partial charge in [-0.2, -0.15) is 0 Å². The van der Waals surface area contributed by atoms with E-state index in [2.05, 4.69) is 0 Å². The summed E-state index contributed by atoms with van der Waals surface area (Å²) in [7, 11) is 4.75. The van der Waals surface area contributed by atoms with E-state index in [1.54, 1.807) is 38.4 Å². The molecule has 0 aromatic heterocycles. The number of para-hydroxylation sites is 1. The number of rotatable bonds is 7. The molecule has 3 rings (SSSR count). The van der Waals surface area contributed by atoms with E-state index in [-0.39, 0.29) is 11.8 Å². The Hall–Kier alpha value is -3.22. The molecule has 0 radical (unpaired) electrons. The first kappa shape index (κ1) is 21.5. The summed E-state index contributed by atoms with van der Waals surface area (Å²) in [6.07, 6.45) is 1.04. The first-order valence-corrected chi connectivity index (χ1v) is 9.98. The van der Waals surface area contributed by atoms with E-state index in [0.717, 1.165) is 5.56 Å². The first-order chi connectivity index (χ1) is 14.6. The maximum Gasteiger partial charge on any atom is 0.257 e. The number of carbonyl (C=O) groups is 2. The molecule has 160 valence electrons. The highest BCUT2D eigenvalue weighted by Gasteiger charge is 2.26. The third-order valence-electron chi connectivity index (χ3n) is 5.33. The number of aryl methyl sites for hydroxylation is 1. The summed E-state index contributed by atoms with van der Waals surface area (Å²) in [5, 5.41) is 0. The van der Waals surface area contributed by atoms with Crippen molar-refractivity contribution in [3.63, 3.8) is 0 Å². The zero-order valence-corrected chi connectivity index (χ0v) is 17.7. The van der Waals surface area contributed by atoms with Gasteiger partial charge < -0.3 is 24.0 Å². The van der Waals surface area contributed by atoms with Gasteiger partial charge in [0.1, 0.15) is 5.75 Å². The average Bonchev–Trinajstić information content (AvgIpc) is 2.81. The monoisotopic (exact) mass is 412 g/mol. The molecular formula is C23H28N2O5. The first-order valence-electron chi connectivity index (χ1n) is 9.98. The Balaban J connectivity index is 1.52. The Labute approximate surface area is 177 Å². The molecule has 30 heavy (non-hydrogen) atoms. The summed E-state index contributed by atoms with van der Waals surface area (Å²) in [6.45, 7) is 2.09. The second-order valence-corrected chi connectivity index (χ2v) is 7.06. The number of nitrogens with zero attached hydrogens (tertiary/aromatic N) is 2. The minimum atomic E-state index is -0.0649. The number of methoxy groups -OCH3 is 3. The number of piperazine rings is 1. The molecule has 7 heteroatoms. The number of carbonyl (C=O) groups excluding carboxylic acids is 2. The van der Waals surface area contributed by atoms with Crippen molar-refractivity contribution in [1.82, 2.24) is 9.80 Å². The van der Waals surface area contributed by atoms with Crippen molar-refractivity contribution in [2.45, 2.75) is 12.8 Å². The largest absolute Gasteiger partial charge is 0.496 e. The zero-order chi connectivity index (χ0) is 21.5. The van der Waals surface area contributed by atoms with Crippen LogP contribution in [0.1, 0.15) is 22.3 Å². The summed E-state index contributed by atoms with van der Waals surface area (Å²) in [5.41, 5.74) is 1.57. The van der Waals surface area contributed by atoms with Crippen LogP contribution in [-0.2, 0) is 11.2 Å². The minimum absolute atomic E-state index is 0.0649. The van der Waals surface area contributed by atoms with Crippen molar-refractivity contribution in [2.75, 3.05) is 47.5 Å². The van der Waals surface area contributed by atoms with Crippen LogP contribution < -0.4 is 14.2 Å². The molecule has 0 N–H and O–H groups in total. The van der Waals surface area contributed by atoms with Gasteiger partial charge in [0.05, 0.1) is 26.9 Å². The molecule has 0 aliphatic carbocycles. The highest BCUT2D eigenvalue weighted by atomic mass is 16.5. The SMILES string of the molecule is COc1ccc(CCC(=O)N2CCN(C(=O)c3ccccc3OC)CC2)cc1OC. The normalized spacial score (nSPS) is 13.7. The van der Waals surface area contributed by atoms with Gasteiger partial charge in [0.25, 0.3) is 5.91 Å². The van der Waals surface area contributed by atoms with Crippen molar-refractivity contribution in [3.8, 4) is 17.2 Å². The summed E-state index contributed by atoms with van der Waals surface area (Å²) in [6, 6.07) is 12.9. The van der Waals surface area contributed by atoms with E-state index in [1.807, 2.05) is 35.2 Å². The summed E-state index contributed by atoms with van der Waals surface area (Å²) in [4.78, 5) is 29.0. The fourth-order valence-corrected chi connectivity index (χ4v) is 3.60.